The van der Waals surface area contributed by atoms with Gasteiger partial charge in [-0.25, -0.2) is 0 Å². The number of amides is 2. The Balaban J connectivity index is 0.000000202. The molecule has 1 aromatic heterocycles. The quantitative estimate of drug-likeness (QED) is 0.780. The maximum atomic E-state index is 11.1. The summed E-state index contributed by atoms with van der Waals surface area (Å²) < 4.78 is 0. The van der Waals surface area contributed by atoms with Crippen LogP contribution in [-0.2, 0) is 4.79 Å². The summed E-state index contributed by atoms with van der Waals surface area (Å²) >= 11 is 4.44. The molecule has 18 heavy (non-hydrogen) atoms. The van der Waals surface area contributed by atoms with Gasteiger partial charge in [-0.15, -0.1) is 23.1 Å². The lowest BCUT2D eigenvalue weighted by Gasteiger charge is -1.87. The van der Waals surface area contributed by atoms with Crippen molar-refractivity contribution in [3.63, 3.8) is 0 Å². The van der Waals surface area contributed by atoms with Crippen molar-refractivity contribution >= 4 is 52.1 Å². The lowest BCUT2D eigenvalue weighted by atomic mass is 10.4. The molecule has 2 saturated heterocycles. The van der Waals surface area contributed by atoms with Gasteiger partial charge in [-0.3, -0.25) is 14.9 Å². The maximum Gasteiger partial charge on any atom is 0.290 e. The van der Waals surface area contributed by atoms with E-state index in [1.54, 1.807) is 6.08 Å². The fourth-order valence-corrected chi connectivity index (χ4v) is 3.41. The maximum absolute atomic E-state index is 11.1. The molecule has 3 heterocycles. The Kier molecular flexibility index (Phi) is 5.30. The van der Waals surface area contributed by atoms with Crippen LogP contribution < -0.4 is 10.6 Å². The molecule has 3 rings (SSSR count). The SMILES string of the molecule is C1CSCN1.O=C1NC(=O)C(=Cc2cccs2)S1. The van der Waals surface area contributed by atoms with E-state index in [1.807, 2.05) is 29.3 Å². The van der Waals surface area contributed by atoms with Crippen LogP contribution in [0.3, 0.4) is 0 Å². The van der Waals surface area contributed by atoms with Gasteiger partial charge in [0.2, 0.25) is 0 Å². The van der Waals surface area contributed by atoms with Crippen LogP contribution in [0.5, 0.6) is 0 Å². The van der Waals surface area contributed by atoms with Gasteiger partial charge in [0.05, 0.1) is 4.91 Å². The molecule has 0 aliphatic carbocycles. The second-order valence-corrected chi connectivity index (χ2v) is 6.52. The van der Waals surface area contributed by atoms with Crippen LogP contribution in [0.25, 0.3) is 6.08 Å². The standard InChI is InChI=1S/C8H5NO2S2.C3H7NS/c10-7-6(13-8(11)9-7)4-5-2-1-3-12-5;1-2-5-3-4-1/h1-4H,(H,9,10,11);4H,1-3H2. The van der Waals surface area contributed by atoms with Crippen LogP contribution in [0.1, 0.15) is 4.88 Å². The highest BCUT2D eigenvalue weighted by molar-refractivity contribution is 8.18. The number of rotatable bonds is 1. The van der Waals surface area contributed by atoms with E-state index in [1.165, 1.54) is 29.5 Å². The van der Waals surface area contributed by atoms with Crippen LogP contribution in [-0.4, -0.2) is 29.3 Å². The van der Waals surface area contributed by atoms with Crippen molar-refractivity contribution in [2.45, 2.75) is 0 Å². The van der Waals surface area contributed by atoms with E-state index >= 15 is 0 Å². The molecule has 0 unspecified atom stereocenters. The zero-order valence-corrected chi connectivity index (χ0v) is 11.9. The first-order chi connectivity index (χ1) is 8.75. The summed E-state index contributed by atoms with van der Waals surface area (Å²) in [5, 5.41) is 7.01. The highest BCUT2D eigenvalue weighted by Crippen LogP contribution is 2.26. The van der Waals surface area contributed by atoms with Crippen LogP contribution in [0.2, 0.25) is 0 Å². The lowest BCUT2D eigenvalue weighted by molar-refractivity contribution is -0.115. The monoisotopic (exact) mass is 300 g/mol. The zero-order valence-electron chi connectivity index (χ0n) is 9.47. The predicted octanol–water partition coefficient (Wildman–Crippen LogP) is 2.35. The number of carbonyl (C=O) groups excluding carboxylic acids is 2. The molecule has 0 radical (unpaired) electrons. The van der Waals surface area contributed by atoms with Crippen molar-refractivity contribution in [3.8, 4) is 0 Å². The molecular weight excluding hydrogens is 288 g/mol. The van der Waals surface area contributed by atoms with Gasteiger partial charge >= 0.3 is 0 Å². The minimum atomic E-state index is -0.302. The number of carbonyl (C=O) groups is 2. The Morgan fingerprint density at radius 1 is 1.33 bits per heavy atom. The van der Waals surface area contributed by atoms with Gasteiger partial charge in [0.1, 0.15) is 0 Å². The number of nitrogens with one attached hydrogen (secondary N) is 2. The average Bonchev–Trinajstić information content (AvgIpc) is 3.06. The van der Waals surface area contributed by atoms with Crippen molar-refractivity contribution in [1.82, 2.24) is 10.6 Å². The first-order valence-electron chi connectivity index (χ1n) is 5.32. The Morgan fingerprint density at radius 3 is 2.67 bits per heavy atom. The molecule has 0 saturated carbocycles. The first kappa shape index (κ1) is 13.7. The predicted molar refractivity (Wildman–Crippen MR) is 78.8 cm³/mol. The molecule has 2 amide bonds. The molecular formula is C11H12N2O2S3. The number of imide groups is 1. The molecule has 96 valence electrons. The van der Waals surface area contributed by atoms with Gasteiger partial charge in [0, 0.05) is 23.1 Å². The Bertz CT molecular complexity index is 445. The molecule has 2 fully saturated rings. The Hall–Kier alpha value is -0.760. The first-order valence-corrected chi connectivity index (χ1v) is 8.17. The summed E-state index contributed by atoms with van der Waals surface area (Å²) in [7, 11) is 0. The van der Waals surface area contributed by atoms with Gasteiger partial charge in [-0.1, -0.05) is 6.07 Å². The minimum absolute atomic E-state index is 0.298. The molecule has 7 heteroatoms. The lowest BCUT2D eigenvalue weighted by Crippen LogP contribution is -2.17. The van der Waals surface area contributed by atoms with Crippen LogP contribution in [0.15, 0.2) is 22.4 Å². The summed E-state index contributed by atoms with van der Waals surface area (Å²) in [6.07, 6.45) is 1.72. The summed E-state index contributed by atoms with van der Waals surface area (Å²) in [6, 6.07) is 3.80. The molecule has 0 aromatic carbocycles. The molecule has 2 N–H and O–H groups in total. The van der Waals surface area contributed by atoms with Crippen molar-refractivity contribution in [2.24, 2.45) is 0 Å². The van der Waals surface area contributed by atoms with E-state index in [2.05, 4.69) is 10.6 Å². The van der Waals surface area contributed by atoms with E-state index < -0.39 is 0 Å². The number of thioether (sulfide) groups is 2. The fourth-order valence-electron chi connectivity index (χ4n) is 1.28. The Morgan fingerprint density at radius 2 is 2.22 bits per heavy atom. The number of hydrogen-bond donors (Lipinski definition) is 2. The molecule has 2 aliphatic heterocycles. The highest BCUT2D eigenvalue weighted by Gasteiger charge is 2.24. The van der Waals surface area contributed by atoms with Gasteiger partial charge in [0.25, 0.3) is 11.1 Å². The van der Waals surface area contributed by atoms with E-state index in [9.17, 15) is 9.59 Å². The largest absolute Gasteiger partial charge is 0.307 e. The number of thiophene rings is 1. The van der Waals surface area contributed by atoms with Crippen molar-refractivity contribution in [2.75, 3.05) is 18.2 Å². The molecule has 2 aliphatic rings. The van der Waals surface area contributed by atoms with Crippen molar-refractivity contribution in [1.29, 1.82) is 0 Å². The van der Waals surface area contributed by atoms with E-state index in [0.29, 0.717) is 4.91 Å². The molecule has 4 nitrogen and oxygen atoms in total. The van der Waals surface area contributed by atoms with Crippen molar-refractivity contribution in [3.05, 3.63) is 27.3 Å². The molecule has 0 spiro atoms. The number of hydrogen-bond acceptors (Lipinski definition) is 6. The van der Waals surface area contributed by atoms with E-state index in [0.717, 1.165) is 16.6 Å². The minimum Gasteiger partial charge on any atom is -0.307 e. The van der Waals surface area contributed by atoms with E-state index in [-0.39, 0.29) is 11.1 Å². The summed E-state index contributed by atoms with van der Waals surface area (Å²) in [4.78, 5) is 23.3. The van der Waals surface area contributed by atoms with Gasteiger partial charge in [-0.05, 0) is 29.3 Å². The van der Waals surface area contributed by atoms with Gasteiger partial charge in [-0.2, -0.15) is 0 Å². The Labute approximate surface area is 118 Å². The average molecular weight is 300 g/mol. The van der Waals surface area contributed by atoms with Crippen LogP contribution in [0, 0.1) is 0 Å². The van der Waals surface area contributed by atoms with Crippen LogP contribution >= 0.6 is 34.9 Å². The van der Waals surface area contributed by atoms with E-state index in [4.69, 9.17) is 0 Å². The second-order valence-electron chi connectivity index (χ2n) is 3.42. The normalized spacial score (nSPS) is 20.8. The third-order valence-electron chi connectivity index (χ3n) is 2.09. The zero-order chi connectivity index (χ0) is 12.8. The molecule has 0 bridgehead atoms. The summed E-state index contributed by atoms with van der Waals surface area (Å²) in [5.74, 6) is 2.17. The van der Waals surface area contributed by atoms with Gasteiger partial charge < -0.3 is 5.32 Å². The van der Waals surface area contributed by atoms with Crippen molar-refractivity contribution < 1.29 is 9.59 Å². The highest BCUT2D eigenvalue weighted by atomic mass is 32.2. The summed E-state index contributed by atoms with van der Waals surface area (Å²) in [5.41, 5.74) is 0. The smallest absolute Gasteiger partial charge is 0.290 e. The molecule has 1 aromatic rings. The third kappa shape index (κ3) is 4.16. The van der Waals surface area contributed by atoms with Gasteiger partial charge in [0.15, 0.2) is 0 Å². The topological polar surface area (TPSA) is 58.2 Å². The summed E-state index contributed by atoms with van der Waals surface area (Å²) in [6.45, 7) is 1.21. The fraction of sp³-hybridized carbons (Fsp3) is 0.273. The van der Waals surface area contributed by atoms with Crippen LogP contribution in [0.4, 0.5) is 4.79 Å². The second kappa shape index (κ2) is 6.98. The molecule has 0 atom stereocenters. The third-order valence-corrected chi connectivity index (χ3v) is 4.62.